The molecule has 0 saturated heterocycles. The molecule has 0 aliphatic heterocycles. The van der Waals surface area contributed by atoms with Crippen LogP contribution in [0.2, 0.25) is 0 Å². The molecule has 1 aliphatic rings. The second-order valence-corrected chi connectivity index (χ2v) is 5.43. The summed E-state index contributed by atoms with van der Waals surface area (Å²) >= 11 is 0. The van der Waals surface area contributed by atoms with E-state index < -0.39 is 17.8 Å². The molecule has 6 heteroatoms. The number of aromatic nitrogens is 1. The van der Waals surface area contributed by atoms with Crippen LogP contribution in [-0.4, -0.2) is 22.4 Å². The van der Waals surface area contributed by atoms with Crippen molar-refractivity contribution in [1.82, 2.24) is 4.57 Å². The van der Waals surface area contributed by atoms with Gasteiger partial charge < -0.3 is 9.15 Å². The molecule has 1 aromatic heterocycles. The van der Waals surface area contributed by atoms with Crippen molar-refractivity contribution in [1.29, 1.82) is 0 Å². The summed E-state index contributed by atoms with van der Waals surface area (Å²) in [5.74, 6) is -0.967. The number of aryl methyl sites for hydroxylation is 1. The van der Waals surface area contributed by atoms with Gasteiger partial charge in [-0.15, -0.1) is 0 Å². The van der Waals surface area contributed by atoms with E-state index in [2.05, 4.69) is 0 Å². The number of hydrogen-bond acceptors (Lipinski definition) is 5. The molecule has 0 N–H and O–H groups in total. The highest BCUT2D eigenvalue weighted by atomic mass is 16.5. The molecule has 1 atom stereocenters. The molecule has 2 aromatic rings. The Labute approximate surface area is 126 Å². The van der Waals surface area contributed by atoms with Gasteiger partial charge in [-0.25, -0.2) is 4.79 Å². The smallest absolute Gasteiger partial charge is 0.419 e. The largest absolute Gasteiger partial charge is 0.454 e. The lowest BCUT2D eigenvalue weighted by molar-refractivity contribution is -0.157. The molecule has 1 heterocycles. The quantitative estimate of drug-likeness (QED) is 0.808. The van der Waals surface area contributed by atoms with Gasteiger partial charge in [-0.2, -0.15) is 0 Å². The SMILES string of the molecule is O=C(CCn1c(=O)oc2ccccc21)O[C@H]1CCCCC1=O. The third kappa shape index (κ3) is 2.95. The van der Waals surface area contributed by atoms with Gasteiger partial charge in [0.2, 0.25) is 0 Å². The molecule has 3 rings (SSSR count). The molecule has 0 bridgehead atoms. The zero-order valence-corrected chi connectivity index (χ0v) is 12.1. The second kappa shape index (κ2) is 6.17. The van der Waals surface area contributed by atoms with Crippen molar-refractivity contribution in [3.05, 3.63) is 34.8 Å². The van der Waals surface area contributed by atoms with Crippen molar-refractivity contribution in [2.24, 2.45) is 0 Å². The Kier molecular flexibility index (Phi) is 4.09. The first-order valence-corrected chi connectivity index (χ1v) is 7.46. The Hall–Kier alpha value is -2.37. The van der Waals surface area contributed by atoms with Crippen LogP contribution in [0.5, 0.6) is 0 Å². The van der Waals surface area contributed by atoms with Gasteiger partial charge in [0.1, 0.15) is 0 Å². The number of oxazole rings is 1. The van der Waals surface area contributed by atoms with Crippen LogP contribution >= 0.6 is 0 Å². The number of para-hydroxylation sites is 2. The zero-order chi connectivity index (χ0) is 15.5. The predicted octanol–water partition coefficient (Wildman–Crippen LogP) is 2.04. The molecule has 0 spiro atoms. The summed E-state index contributed by atoms with van der Waals surface area (Å²) < 4.78 is 11.7. The summed E-state index contributed by atoms with van der Waals surface area (Å²) in [6.45, 7) is 0.176. The van der Waals surface area contributed by atoms with Crippen molar-refractivity contribution >= 4 is 22.9 Å². The van der Waals surface area contributed by atoms with Crippen LogP contribution in [-0.2, 0) is 20.9 Å². The van der Waals surface area contributed by atoms with E-state index in [0.717, 1.165) is 12.8 Å². The third-order valence-corrected chi connectivity index (χ3v) is 3.89. The number of ketones is 1. The van der Waals surface area contributed by atoms with Gasteiger partial charge in [0, 0.05) is 13.0 Å². The first-order valence-electron chi connectivity index (χ1n) is 7.46. The van der Waals surface area contributed by atoms with E-state index in [-0.39, 0.29) is 18.7 Å². The van der Waals surface area contributed by atoms with Gasteiger partial charge >= 0.3 is 11.7 Å². The molecular formula is C16H17NO5. The fourth-order valence-electron chi connectivity index (χ4n) is 2.72. The third-order valence-electron chi connectivity index (χ3n) is 3.89. The lowest BCUT2D eigenvalue weighted by Crippen LogP contribution is -2.30. The normalized spacial score (nSPS) is 18.5. The molecule has 1 saturated carbocycles. The van der Waals surface area contributed by atoms with Crippen molar-refractivity contribution in [3.8, 4) is 0 Å². The molecule has 116 valence electrons. The molecule has 22 heavy (non-hydrogen) atoms. The number of rotatable bonds is 4. The Morgan fingerprint density at radius 2 is 2.09 bits per heavy atom. The standard InChI is InChI=1S/C16H17NO5/c18-12-6-2-4-8-14(12)21-15(19)9-10-17-11-5-1-3-7-13(11)22-16(17)20/h1,3,5,7,14H,2,4,6,8-10H2/t14-/m0/s1. The number of fused-ring (bicyclic) bond motifs is 1. The van der Waals surface area contributed by atoms with Gasteiger partial charge in [0.15, 0.2) is 17.5 Å². The molecule has 0 amide bonds. The molecule has 1 fully saturated rings. The van der Waals surface area contributed by atoms with Crippen LogP contribution in [0.25, 0.3) is 11.1 Å². The van der Waals surface area contributed by atoms with Crippen molar-refractivity contribution in [2.45, 2.75) is 44.8 Å². The van der Waals surface area contributed by atoms with Gasteiger partial charge in [-0.1, -0.05) is 12.1 Å². The number of hydrogen-bond donors (Lipinski definition) is 0. The number of esters is 1. The van der Waals surface area contributed by atoms with Gasteiger partial charge in [0.05, 0.1) is 11.9 Å². The van der Waals surface area contributed by atoms with Gasteiger partial charge in [-0.3, -0.25) is 14.2 Å². The highest BCUT2D eigenvalue weighted by molar-refractivity contribution is 5.86. The topological polar surface area (TPSA) is 78.5 Å². The van der Waals surface area contributed by atoms with E-state index in [1.165, 1.54) is 4.57 Å². The Morgan fingerprint density at radius 3 is 2.91 bits per heavy atom. The van der Waals surface area contributed by atoms with Crippen LogP contribution in [0.1, 0.15) is 32.1 Å². The van der Waals surface area contributed by atoms with Crippen LogP contribution in [0.3, 0.4) is 0 Å². The number of ether oxygens (including phenoxy) is 1. The van der Waals surface area contributed by atoms with Crippen LogP contribution in [0.15, 0.2) is 33.5 Å². The van der Waals surface area contributed by atoms with E-state index in [0.29, 0.717) is 23.9 Å². The maximum absolute atomic E-state index is 11.9. The van der Waals surface area contributed by atoms with E-state index >= 15 is 0 Å². The van der Waals surface area contributed by atoms with Crippen molar-refractivity contribution in [2.75, 3.05) is 0 Å². The number of benzene rings is 1. The summed E-state index contributed by atoms with van der Waals surface area (Å²) in [7, 11) is 0. The highest BCUT2D eigenvalue weighted by Crippen LogP contribution is 2.18. The Bertz CT molecular complexity index is 757. The van der Waals surface area contributed by atoms with Crippen LogP contribution in [0.4, 0.5) is 0 Å². The van der Waals surface area contributed by atoms with E-state index in [9.17, 15) is 14.4 Å². The summed E-state index contributed by atoms with van der Waals surface area (Å²) in [5.41, 5.74) is 1.14. The number of Topliss-reactive ketones (excluding diaryl/α,β-unsaturated/α-hetero) is 1. The maximum Gasteiger partial charge on any atom is 0.419 e. The summed E-state index contributed by atoms with van der Waals surface area (Å²) in [5, 5.41) is 0. The highest BCUT2D eigenvalue weighted by Gasteiger charge is 2.25. The number of carbonyl (C=O) groups is 2. The zero-order valence-electron chi connectivity index (χ0n) is 12.1. The molecular weight excluding hydrogens is 286 g/mol. The first-order chi connectivity index (χ1) is 10.6. The number of carbonyl (C=O) groups excluding carboxylic acids is 2. The van der Waals surface area contributed by atoms with Crippen molar-refractivity contribution < 1.29 is 18.7 Å². The van der Waals surface area contributed by atoms with Gasteiger partial charge in [-0.05, 0) is 31.4 Å². The minimum atomic E-state index is -0.612. The summed E-state index contributed by atoms with van der Waals surface area (Å²) in [4.78, 5) is 35.3. The molecule has 6 nitrogen and oxygen atoms in total. The van der Waals surface area contributed by atoms with E-state index in [1.54, 1.807) is 24.3 Å². The predicted molar refractivity (Wildman–Crippen MR) is 78.4 cm³/mol. The summed E-state index contributed by atoms with van der Waals surface area (Å²) in [6.07, 6.45) is 2.26. The molecule has 1 aromatic carbocycles. The molecule has 1 aliphatic carbocycles. The van der Waals surface area contributed by atoms with Gasteiger partial charge in [0.25, 0.3) is 0 Å². The Morgan fingerprint density at radius 1 is 1.27 bits per heavy atom. The lowest BCUT2D eigenvalue weighted by atomic mass is 9.96. The molecule has 0 unspecified atom stereocenters. The van der Waals surface area contributed by atoms with E-state index in [4.69, 9.17) is 9.15 Å². The number of nitrogens with zero attached hydrogens (tertiary/aromatic N) is 1. The van der Waals surface area contributed by atoms with Crippen molar-refractivity contribution in [3.63, 3.8) is 0 Å². The minimum Gasteiger partial charge on any atom is -0.454 e. The lowest BCUT2D eigenvalue weighted by Gasteiger charge is -2.20. The average molecular weight is 303 g/mol. The van der Waals surface area contributed by atoms with E-state index in [1.807, 2.05) is 0 Å². The second-order valence-electron chi connectivity index (χ2n) is 5.43. The minimum absolute atomic E-state index is 0.00877. The monoisotopic (exact) mass is 303 g/mol. The first kappa shape index (κ1) is 14.6. The maximum atomic E-state index is 11.9. The molecule has 0 radical (unpaired) electrons. The average Bonchev–Trinajstić information content (AvgIpc) is 2.83. The summed E-state index contributed by atoms with van der Waals surface area (Å²) in [6, 6.07) is 7.04. The fraction of sp³-hybridized carbons (Fsp3) is 0.438. The van der Waals surface area contributed by atoms with Crippen LogP contribution in [0, 0.1) is 0 Å². The Balaban J connectivity index is 1.64. The van der Waals surface area contributed by atoms with Crippen LogP contribution < -0.4 is 5.76 Å². The fourth-order valence-corrected chi connectivity index (χ4v) is 2.72.